The summed E-state index contributed by atoms with van der Waals surface area (Å²) in [6.45, 7) is 22.0. The number of nitrogens with zero attached hydrogens (tertiary/aromatic N) is 1. The molecular weight excluding hydrogens is 334 g/mol. The van der Waals surface area contributed by atoms with Crippen LogP contribution < -0.4 is 0 Å². The van der Waals surface area contributed by atoms with Crippen LogP contribution in [0.2, 0.25) is 39.3 Å². The highest BCUT2D eigenvalue weighted by Gasteiger charge is 2.23. The minimum atomic E-state index is -1.34. The second kappa shape index (κ2) is 12.0. The van der Waals surface area contributed by atoms with Crippen molar-refractivity contribution >= 4 is 16.1 Å². The number of hydrogen-bond donors (Lipinski definition) is 0. The third-order valence-corrected chi connectivity index (χ3v) is 5.71. The molecule has 0 amide bonds. The Labute approximate surface area is 161 Å². The van der Waals surface area contributed by atoms with Crippen molar-refractivity contribution in [2.24, 2.45) is 0 Å². The summed E-state index contributed by atoms with van der Waals surface area (Å²) in [5, 5.41) is 0. The SMILES string of the molecule is CCCCN(C(C#C[Si](C)(C)C)CCC)C(C#C[Si](C)(C)C)CCC. The summed E-state index contributed by atoms with van der Waals surface area (Å²) < 4.78 is 0. The maximum absolute atomic E-state index is 3.69. The van der Waals surface area contributed by atoms with Crippen molar-refractivity contribution in [3.8, 4) is 22.9 Å². The quantitative estimate of drug-likeness (QED) is 0.342. The van der Waals surface area contributed by atoms with Crippen molar-refractivity contribution in [3.63, 3.8) is 0 Å². The minimum absolute atomic E-state index is 0.371. The summed E-state index contributed by atoms with van der Waals surface area (Å²) in [5.41, 5.74) is 7.28. The van der Waals surface area contributed by atoms with Gasteiger partial charge in [0.05, 0.1) is 12.1 Å². The smallest absolute Gasteiger partial charge is 0.129 e. The molecule has 0 saturated carbocycles. The minimum Gasteiger partial charge on any atom is -0.276 e. The highest BCUT2D eigenvalue weighted by atomic mass is 28.3. The molecule has 0 rings (SSSR count). The van der Waals surface area contributed by atoms with Crippen molar-refractivity contribution in [1.82, 2.24) is 4.90 Å². The van der Waals surface area contributed by atoms with E-state index in [0.29, 0.717) is 12.1 Å². The molecule has 0 aliphatic carbocycles. The lowest BCUT2D eigenvalue weighted by molar-refractivity contribution is 0.180. The lowest BCUT2D eigenvalue weighted by Crippen LogP contribution is -2.43. The van der Waals surface area contributed by atoms with Gasteiger partial charge in [0.1, 0.15) is 16.1 Å². The largest absolute Gasteiger partial charge is 0.276 e. The van der Waals surface area contributed by atoms with Crippen LogP contribution in [0.1, 0.15) is 59.3 Å². The van der Waals surface area contributed by atoms with E-state index in [-0.39, 0.29) is 0 Å². The van der Waals surface area contributed by atoms with Gasteiger partial charge >= 0.3 is 0 Å². The first-order valence-electron chi connectivity index (χ1n) is 10.3. The van der Waals surface area contributed by atoms with E-state index < -0.39 is 16.1 Å². The highest BCUT2D eigenvalue weighted by Crippen LogP contribution is 2.17. The summed E-state index contributed by atoms with van der Waals surface area (Å²) in [5.74, 6) is 7.37. The first-order chi connectivity index (χ1) is 11.5. The van der Waals surface area contributed by atoms with Gasteiger partial charge in [0.2, 0.25) is 0 Å². The molecule has 0 fully saturated rings. The Bertz CT molecular complexity index is 435. The van der Waals surface area contributed by atoms with Gasteiger partial charge < -0.3 is 0 Å². The molecular formula is C22H43NSi2. The van der Waals surface area contributed by atoms with E-state index in [0.717, 1.165) is 19.4 Å². The Morgan fingerprint density at radius 1 is 0.680 bits per heavy atom. The van der Waals surface area contributed by atoms with Gasteiger partial charge in [0.25, 0.3) is 0 Å². The lowest BCUT2D eigenvalue weighted by atomic mass is 10.0. The molecule has 25 heavy (non-hydrogen) atoms. The molecule has 2 atom stereocenters. The van der Waals surface area contributed by atoms with E-state index in [9.17, 15) is 0 Å². The van der Waals surface area contributed by atoms with E-state index in [1.165, 1.54) is 25.7 Å². The van der Waals surface area contributed by atoms with Crippen molar-refractivity contribution in [2.45, 2.75) is 111 Å². The summed E-state index contributed by atoms with van der Waals surface area (Å²) in [6.07, 6.45) is 7.18. The van der Waals surface area contributed by atoms with Crippen LogP contribution in [-0.4, -0.2) is 39.7 Å². The topological polar surface area (TPSA) is 3.24 Å². The molecule has 0 bridgehead atoms. The molecule has 0 aromatic rings. The van der Waals surface area contributed by atoms with E-state index in [2.05, 4.69) is 87.9 Å². The molecule has 0 radical (unpaired) electrons. The zero-order valence-corrected chi connectivity index (χ0v) is 20.6. The molecule has 0 heterocycles. The average molecular weight is 378 g/mol. The Morgan fingerprint density at radius 3 is 1.36 bits per heavy atom. The van der Waals surface area contributed by atoms with E-state index >= 15 is 0 Å². The summed E-state index contributed by atoms with van der Waals surface area (Å²) >= 11 is 0. The van der Waals surface area contributed by atoms with Crippen LogP contribution in [0, 0.1) is 22.9 Å². The van der Waals surface area contributed by atoms with Gasteiger partial charge in [-0.15, -0.1) is 11.1 Å². The standard InChI is InChI=1S/C22H43NSi2/c1-10-13-18-23(21(14-11-2)16-19-24(4,5)6)22(15-12-3)17-20-25(7,8)9/h21-22H,10-15,18H2,1-9H3. The maximum atomic E-state index is 3.69. The molecule has 144 valence electrons. The summed E-state index contributed by atoms with van der Waals surface area (Å²) in [6, 6.07) is 0.742. The summed E-state index contributed by atoms with van der Waals surface area (Å²) in [4.78, 5) is 2.65. The Balaban J connectivity index is 5.72. The van der Waals surface area contributed by atoms with E-state index in [1.54, 1.807) is 0 Å². The van der Waals surface area contributed by atoms with Crippen LogP contribution in [0.4, 0.5) is 0 Å². The van der Waals surface area contributed by atoms with Gasteiger partial charge in [-0.3, -0.25) is 4.90 Å². The third kappa shape index (κ3) is 12.5. The average Bonchev–Trinajstić information content (AvgIpc) is 2.48. The second-order valence-electron chi connectivity index (χ2n) is 9.24. The Morgan fingerprint density at radius 2 is 1.08 bits per heavy atom. The second-order valence-corrected chi connectivity index (χ2v) is 18.7. The van der Waals surface area contributed by atoms with E-state index in [1.807, 2.05) is 0 Å². The third-order valence-electron chi connectivity index (χ3n) is 3.92. The monoisotopic (exact) mass is 377 g/mol. The lowest BCUT2D eigenvalue weighted by Gasteiger charge is -2.33. The zero-order valence-electron chi connectivity index (χ0n) is 18.6. The normalized spacial score (nSPS) is 14.3. The van der Waals surface area contributed by atoms with Crippen molar-refractivity contribution in [3.05, 3.63) is 0 Å². The molecule has 1 nitrogen and oxygen atoms in total. The molecule has 0 aromatic heterocycles. The van der Waals surface area contributed by atoms with Gasteiger partial charge in [-0.2, -0.15) is 0 Å². The van der Waals surface area contributed by atoms with Gasteiger partial charge in [-0.25, -0.2) is 0 Å². The fourth-order valence-corrected chi connectivity index (χ4v) is 3.86. The Hall–Kier alpha value is -0.486. The fourth-order valence-electron chi connectivity index (χ4n) is 2.66. The number of unbranched alkanes of at least 4 members (excludes halogenated alkanes) is 1. The van der Waals surface area contributed by atoms with Gasteiger partial charge in [0, 0.05) is 6.54 Å². The summed E-state index contributed by atoms with van der Waals surface area (Å²) in [7, 11) is -2.69. The number of rotatable bonds is 9. The van der Waals surface area contributed by atoms with Crippen LogP contribution >= 0.6 is 0 Å². The van der Waals surface area contributed by atoms with Crippen LogP contribution in [0.5, 0.6) is 0 Å². The van der Waals surface area contributed by atoms with Crippen LogP contribution in [-0.2, 0) is 0 Å². The molecule has 3 heteroatoms. The first-order valence-corrected chi connectivity index (χ1v) is 17.3. The molecule has 0 N–H and O–H groups in total. The molecule has 2 unspecified atom stereocenters. The molecule has 0 aromatic carbocycles. The highest BCUT2D eigenvalue weighted by molar-refractivity contribution is 6.84. The van der Waals surface area contributed by atoms with Gasteiger partial charge in [0.15, 0.2) is 0 Å². The maximum Gasteiger partial charge on any atom is 0.129 e. The zero-order chi connectivity index (χ0) is 19.5. The predicted molar refractivity (Wildman–Crippen MR) is 121 cm³/mol. The molecule has 0 spiro atoms. The first kappa shape index (κ1) is 24.5. The molecule has 0 aliphatic heterocycles. The van der Waals surface area contributed by atoms with Crippen molar-refractivity contribution in [1.29, 1.82) is 0 Å². The van der Waals surface area contributed by atoms with Crippen molar-refractivity contribution in [2.75, 3.05) is 6.54 Å². The van der Waals surface area contributed by atoms with Gasteiger partial charge in [-0.05, 0) is 19.3 Å². The fraction of sp³-hybridized carbons (Fsp3) is 0.818. The van der Waals surface area contributed by atoms with Crippen LogP contribution in [0.3, 0.4) is 0 Å². The number of hydrogen-bond acceptors (Lipinski definition) is 1. The van der Waals surface area contributed by atoms with Crippen LogP contribution in [0.15, 0.2) is 0 Å². The molecule has 0 saturated heterocycles. The van der Waals surface area contributed by atoms with Gasteiger partial charge in [-0.1, -0.05) is 91.2 Å². The van der Waals surface area contributed by atoms with Crippen molar-refractivity contribution < 1.29 is 0 Å². The predicted octanol–water partition coefficient (Wildman–Crippen LogP) is 6.19. The van der Waals surface area contributed by atoms with Crippen LogP contribution in [0.25, 0.3) is 0 Å². The van der Waals surface area contributed by atoms with E-state index in [4.69, 9.17) is 0 Å². The Kier molecular flexibility index (Phi) is 11.8. The molecule has 0 aliphatic rings.